The van der Waals surface area contributed by atoms with Crippen molar-refractivity contribution in [2.24, 2.45) is 0 Å². The molecule has 0 saturated heterocycles. The van der Waals surface area contributed by atoms with Gasteiger partial charge in [0.15, 0.2) is 0 Å². The fourth-order valence-electron chi connectivity index (χ4n) is 1.58. The second-order valence-electron chi connectivity index (χ2n) is 3.41. The highest BCUT2D eigenvalue weighted by Gasteiger charge is 2.14. The van der Waals surface area contributed by atoms with E-state index < -0.39 is 0 Å². The molecule has 0 aliphatic carbocycles. The molecule has 3 rings (SSSR count). The van der Waals surface area contributed by atoms with E-state index in [4.69, 9.17) is 5.73 Å². The van der Waals surface area contributed by atoms with E-state index in [0.29, 0.717) is 16.1 Å². The first-order valence-electron chi connectivity index (χ1n) is 4.82. The molecule has 0 aliphatic rings. The molecular weight excluding hydrogens is 238 g/mol. The third kappa shape index (κ3) is 1.48. The first-order chi connectivity index (χ1) is 8.27. The van der Waals surface area contributed by atoms with Crippen molar-refractivity contribution in [3.05, 3.63) is 34.5 Å². The summed E-state index contributed by atoms with van der Waals surface area (Å²) >= 11 is 1.38. The maximum absolute atomic E-state index is 12.0. The number of fused-ring (bicyclic) bond motifs is 1. The summed E-state index contributed by atoms with van der Waals surface area (Å²) in [7, 11) is 0. The number of aromatic nitrogens is 4. The molecule has 3 aromatic rings. The summed E-state index contributed by atoms with van der Waals surface area (Å²) in [5.74, 6) is 0.343. The van der Waals surface area contributed by atoms with Gasteiger partial charge in [-0.2, -0.15) is 5.21 Å². The summed E-state index contributed by atoms with van der Waals surface area (Å²) in [6, 6.07) is 7.30. The van der Waals surface area contributed by atoms with Gasteiger partial charge in [0, 0.05) is 10.1 Å². The van der Waals surface area contributed by atoms with E-state index in [9.17, 15) is 4.79 Å². The van der Waals surface area contributed by atoms with E-state index in [1.807, 2.05) is 18.2 Å². The molecule has 0 bridgehead atoms. The van der Waals surface area contributed by atoms with E-state index in [2.05, 4.69) is 20.6 Å². The van der Waals surface area contributed by atoms with Crippen molar-refractivity contribution in [2.75, 3.05) is 5.73 Å². The Bertz CT molecular complexity index is 734. The Morgan fingerprint density at radius 2 is 2.12 bits per heavy atom. The molecule has 2 aromatic heterocycles. The molecule has 0 unspecified atom stereocenters. The predicted molar refractivity (Wildman–Crippen MR) is 65.7 cm³/mol. The molecule has 17 heavy (non-hydrogen) atoms. The number of nitrogens with two attached hydrogens (primary N) is 1. The highest BCUT2D eigenvalue weighted by atomic mass is 32.1. The van der Waals surface area contributed by atoms with Gasteiger partial charge in [0.25, 0.3) is 0 Å². The van der Waals surface area contributed by atoms with Crippen LogP contribution in [0.25, 0.3) is 20.8 Å². The molecule has 0 spiro atoms. The van der Waals surface area contributed by atoms with Crippen LogP contribution in [0.15, 0.2) is 29.1 Å². The Morgan fingerprint density at radius 3 is 2.88 bits per heavy atom. The number of anilines is 1. The van der Waals surface area contributed by atoms with Crippen LogP contribution >= 0.6 is 11.3 Å². The first-order valence-corrected chi connectivity index (χ1v) is 5.64. The zero-order chi connectivity index (χ0) is 11.8. The van der Waals surface area contributed by atoms with Gasteiger partial charge in [-0.25, -0.2) is 0 Å². The lowest BCUT2D eigenvalue weighted by molar-refractivity contribution is 0.881. The topological polar surface area (TPSA) is 97.6 Å². The van der Waals surface area contributed by atoms with Crippen LogP contribution < -0.4 is 11.2 Å². The van der Waals surface area contributed by atoms with Crippen LogP contribution in [0.1, 0.15) is 0 Å². The molecule has 0 atom stereocenters. The number of nitrogens with one attached hydrogen (secondary N) is 1. The van der Waals surface area contributed by atoms with Crippen molar-refractivity contribution >= 4 is 27.1 Å². The van der Waals surface area contributed by atoms with Crippen LogP contribution in [0.2, 0.25) is 0 Å². The number of nitrogens with zero attached hydrogens (tertiary/aromatic N) is 3. The van der Waals surface area contributed by atoms with Crippen LogP contribution in [0.5, 0.6) is 0 Å². The van der Waals surface area contributed by atoms with Gasteiger partial charge in [0.2, 0.25) is 11.3 Å². The summed E-state index contributed by atoms with van der Waals surface area (Å²) in [6.45, 7) is 0. The van der Waals surface area contributed by atoms with Crippen LogP contribution in [-0.4, -0.2) is 20.6 Å². The van der Waals surface area contributed by atoms with Crippen molar-refractivity contribution in [2.45, 2.75) is 0 Å². The lowest BCUT2D eigenvalue weighted by atomic mass is 10.2. The van der Waals surface area contributed by atoms with Gasteiger partial charge < -0.3 is 5.73 Å². The Hall–Kier alpha value is -2.28. The standard InChI is InChI=1S/C10H7N5OS/c11-7-8(16)5-3-1-2-4-6(5)17-9(7)10-12-14-15-13-10/h1-4H,11H2,(H,12,13,14,15). The lowest BCUT2D eigenvalue weighted by Gasteiger charge is -2.02. The third-order valence-electron chi connectivity index (χ3n) is 2.38. The lowest BCUT2D eigenvalue weighted by Crippen LogP contribution is -2.09. The fraction of sp³-hybridized carbons (Fsp3) is 0. The van der Waals surface area contributed by atoms with Gasteiger partial charge in [0.05, 0.1) is 0 Å². The molecule has 0 saturated carbocycles. The summed E-state index contributed by atoms with van der Waals surface area (Å²) in [5, 5.41) is 14.1. The van der Waals surface area contributed by atoms with E-state index >= 15 is 0 Å². The number of rotatable bonds is 1. The largest absolute Gasteiger partial charge is 0.394 e. The molecule has 0 radical (unpaired) electrons. The molecule has 84 valence electrons. The van der Waals surface area contributed by atoms with Crippen LogP contribution in [-0.2, 0) is 0 Å². The average Bonchev–Trinajstić information content (AvgIpc) is 2.87. The zero-order valence-corrected chi connectivity index (χ0v) is 9.36. The van der Waals surface area contributed by atoms with Gasteiger partial charge in [-0.3, -0.25) is 4.79 Å². The highest BCUT2D eigenvalue weighted by Crippen LogP contribution is 2.29. The fourth-order valence-corrected chi connectivity index (χ4v) is 2.60. The smallest absolute Gasteiger partial charge is 0.216 e. The van der Waals surface area contributed by atoms with E-state index in [1.54, 1.807) is 6.07 Å². The van der Waals surface area contributed by atoms with Gasteiger partial charge in [-0.15, -0.1) is 21.5 Å². The monoisotopic (exact) mass is 245 g/mol. The minimum atomic E-state index is -0.195. The second-order valence-corrected chi connectivity index (χ2v) is 4.46. The second kappa shape index (κ2) is 3.63. The van der Waals surface area contributed by atoms with Gasteiger partial charge in [0.1, 0.15) is 10.6 Å². The number of H-pyrrole nitrogens is 1. The molecule has 3 N–H and O–H groups in total. The van der Waals surface area contributed by atoms with Crippen molar-refractivity contribution in [1.82, 2.24) is 20.6 Å². The molecule has 0 aliphatic heterocycles. The van der Waals surface area contributed by atoms with Crippen LogP contribution in [0.3, 0.4) is 0 Å². The maximum Gasteiger partial charge on any atom is 0.216 e. The van der Waals surface area contributed by atoms with E-state index in [1.165, 1.54) is 11.3 Å². The summed E-state index contributed by atoms with van der Waals surface area (Å²) in [6.07, 6.45) is 0. The van der Waals surface area contributed by atoms with Crippen molar-refractivity contribution in [3.63, 3.8) is 0 Å². The van der Waals surface area contributed by atoms with Gasteiger partial charge in [-0.05, 0) is 17.3 Å². The average molecular weight is 245 g/mol. The molecule has 2 heterocycles. The summed E-state index contributed by atoms with van der Waals surface area (Å²) < 4.78 is 0.853. The van der Waals surface area contributed by atoms with Crippen molar-refractivity contribution in [1.29, 1.82) is 0 Å². The number of nitrogen functional groups attached to an aromatic ring is 1. The summed E-state index contributed by atoms with van der Waals surface area (Å²) in [5.41, 5.74) is 5.78. The Morgan fingerprint density at radius 1 is 1.29 bits per heavy atom. The predicted octanol–water partition coefficient (Wildman–Crippen LogP) is 1.02. The Kier molecular flexibility index (Phi) is 2.12. The zero-order valence-electron chi connectivity index (χ0n) is 8.54. The number of benzene rings is 1. The third-order valence-corrected chi connectivity index (χ3v) is 3.56. The Balaban J connectivity index is 2.42. The van der Waals surface area contributed by atoms with Crippen LogP contribution in [0.4, 0.5) is 5.69 Å². The number of hydrogen-bond acceptors (Lipinski definition) is 6. The molecular formula is C10H7N5OS. The molecule has 1 aromatic carbocycles. The maximum atomic E-state index is 12.0. The molecule has 0 fully saturated rings. The highest BCUT2D eigenvalue weighted by molar-refractivity contribution is 7.22. The van der Waals surface area contributed by atoms with Gasteiger partial charge >= 0.3 is 0 Å². The minimum absolute atomic E-state index is 0.162. The first kappa shape index (κ1) is 9.91. The van der Waals surface area contributed by atoms with Crippen LogP contribution in [0, 0.1) is 0 Å². The van der Waals surface area contributed by atoms with E-state index in [0.717, 1.165) is 4.70 Å². The molecule has 7 heteroatoms. The quantitative estimate of drug-likeness (QED) is 0.667. The molecule has 6 nitrogen and oxygen atoms in total. The van der Waals surface area contributed by atoms with Crippen molar-refractivity contribution < 1.29 is 0 Å². The SMILES string of the molecule is Nc1c(-c2nn[nH]n2)sc2ccccc2c1=O. The van der Waals surface area contributed by atoms with Crippen molar-refractivity contribution in [3.8, 4) is 10.7 Å². The van der Waals surface area contributed by atoms with E-state index in [-0.39, 0.29) is 11.1 Å². The number of hydrogen-bond donors (Lipinski definition) is 2. The minimum Gasteiger partial charge on any atom is -0.394 e. The number of aromatic amines is 1. The van der Waals surface area contributed by atoms with Gasteiger partial charge in [-0.1, -0.05) is 12.1 Å². The molecule has 0 amide bonds. The Labute approximate surface area is 99.1 Å². The number of tetrazole rings is 1. The normalized spacial score (nSPS) is 10.8. The summed E-state index contributed by atoms with van der Waals surface area (Å²) in [4.78, 5) is 12.6.